The Hall–Kier alpha value is -0.540. The Bertz CT molecular complexity index is 162. The summed E-state index contributed by atoms with van der Waals surface area (Å²) < 4.78 is 35.2. The Kier molecular flexibility index (Phi) is 2.20. The van der Waals surface area contributed by atoms with Crippen molar-refractivity contribution in [1.29, 1.82) is 0 Å². The highest BCUT2D eigenvalue weighted by Gasteiger charge is 2.36. The summed E-state index contributed by atoms with van der Waals surface area (Å²) in [5.41, 5.74) is 0. The molecule has 0 radical (unpaired) electrons. The summed E-state index contributed by atoms with van der Waals surface area (Å²) in [7, 11) is 0. The van der Waals surface area contributed by atoms with Crippen molar-refractivity contribution < 1.29 is 18.0 Å². The van der Waals surface area contributed by atoms with Crippen molar-refractivity contribution in [2.24, 2.45) is 5.92 Å². The van der Waals surface area contributed by atoms with Crippen molar-refractivity contribution in [3.63, 3.8) is 0 Å². The van der Waals surface area contributed by atoms with Gasteiger partial charge in [0.1, 0.15) is 5.78 Å². The van der Waals surface area contributed by atoms with Gasteiger partial charge in [0.15, 0.2) is 0 Å². The standard InChI is InChI=1S/C7H9F3O/c8-7(9,10)4-5-2-1-3-6(5)11/h5H,1-4H2. The summed E-state index contributed by atoms with van der Waals surface area (Å²) in [4.78, 5) is 10.8. The molecule has 0 aromatic carbocycles. The lowest BCUT2D eigenvalue weighted by atomic mass is 10.0. The zero-order valence-corrected chi connectivity index (χ0v) is 5.95. The summed E-state index contributed by atoms with van der Waals surface area (Å²) in [5.74, 6) is -0.961. The largest absolute Gasteiger partial charge is 0.389 e. The van der Waals surface area contributed by atoms with Crippen LogP contribution in [-0.4, -0.2) is 12.0 Å². The summed E-state index contributed by atoms with van der Waals surface area (Å²) in [6.07, 6.45) is -3.73. The van der Waals surface area contributed by atoms with E-state index in [0.29, 0.717) is 19.3 Å². The molecule has 1 nitrogen and oxygen atoms in total. The van der Waals surface area contributed by atoms with E-state index in [1.807, 2.05) is 0 Å². The van der Waals surface area contributed by atoms with Crippen LogP contribution in [0.25, 0.3) is 0 Å². The van der Waals surface area contributed by atoms with E-state index in [-0.39, 0.29) is 5.78 Å². The molecule has 1 atom stereocenters. The maximum atomic E-state index is 11.7. The van der Waals surface area contributed by atoms with Crippen LogP contribution < -0.4 is 0 Å². The van der Waals surface area contributed by atoms with Crippen LogP contribution in [0.4, 0.5) is 13.2 Å². The van der Waals surface area contributed by atoms with Crippen LogP contribution in [0.5, 0.6) is 0 Å². The molecule has 1 rings (SSSR count). The summed E-state index contributed by atoms with van der Waals surface area (Å²) in [6.45, 7) is 0. The van der Waals surface area contributed by atoms with Gasteiger partial charge in [0.05, 0.1) is 6.42 Å². The van der Waals surface area contributed by atoms with Crippen LogP contribution in [0.1, 0.15) is 25.7 Å². The third kappa shape index (κ3) is 2.52. The first kappa shape index (κ1) is 8.56. The van der Waals surface area contributed by atoms with E-state index in [1.54, 1.807) is 0 Å². The fourth-order valence-corrected chi connectivity index (χ4v) is 1.38. The number of ketones is 1. The SMILES string of the molecule is O=C1CCCC1CC(F)(F)F. The quantitative estimate of drug-likeness (QED) is 0.584. The predicted molar refractivity (Wildman–Crippen MR) is 33.0 cm³/mol. The van der Waals surface area contributed by atoms with Gasteiger partial charge in [-0.05, 0) is 12.8 Å². The molecule has 0 aromatic heterocycles. The number of halogens is 3. The lowest BCUT2D eigenvalue weighted by molar-refractivity contribution is -0.151. The average Bonchev–Trinajstić information content (AvgIpc) is 2.12. The van der Waals surface area contributed by atoms with E-state index in [2.05, 4.69) is 0 Å². The Morgan fingerprint density at radius 3 is 2.45 bits per heavy atom. The minimum absolute atomic E-state index is 0.220. The minimum atomic E-state index is -4.18. The van der Waals surface area contributed by atoms with Crippen LogP contribution in [0.15, 0.2) is 0 Å². The predicted octanol–water partition coefficient (Wildman–Crippen LogP) is 2.31. The van der Waals surface area contributed by atoms with E-state index in [4.69, 9.17) is 0 Å². The van der Waals surface area contributed by atoms with Gasteiger partial charge in [0.25, 0.3) is 0 Å². The Morgan fingerprint density at radius 2 is 2.09 bits per heavy atom. The molecule has 0 spiro atoms. The molecule has 0 aliphatic heterocycles. The molecule has 4 heteroatoms. The molecule has 1 aliphatic rings. The fraction of sp³-hybridized carbons (Fsp3) is 0.857. The summed E-state index contributed by atoms with van der Waals surface area (Å²) >= 11 is 0. The van der Waals surface area contributed by atoms with Crippen molar-refractivity contribution in [1.82, 2.24) is 0 Å². The number of hydrogen-bond donors (Lipinski definition) is 0. The fourth-order valence-electron chi connectivity index (χ4n) is 1.38. The van der Waals surface area contributed by atoms with Crippen LogP contribution in [-0.2, 0) is 4.79 Å². The van der Waals surface area contributed by atoms with Gasteiger partial charge < -0.3 is 0 Å². The molecule has 1 fully saturated rings. The molecule has 0 aromatic rings. The molecule has 1 unspecified atom stereocenters. The van der Waals surface area contributed by atoms with E-state index < -0.39 is 18.5 Å². The van der Waals surface area contributed by atoms with Crippen molar-refractivity contribution >= 4 is 5.78 Å². The third-order valence-electron chi connectivity index (χ3n) is 1.91. The maximum absolute atomic E-state index is 11.7. The highest BCUT2D eigenvalue weighted by molar-refractivity contribution is 5.82. The highest BCUT2D eigenvalue weighted by atomic mass is 19.4. The summed E-state index contributed by atoms with van der Waals surface area (Å²) in [6, 6.07) is 0. The van der Waals surface area contributed by atoms with Crippen LogP contribution in [0.3, 0.4) is 0 Å². The minimum Gasteiger partial charge on any atom is -0.299 e. The Morgan fingerprint density at radius 1 is 1.45 bits per heavy atom. The van der Waals surface area contributed by atoms with Gasteiger partial charge in [-0.3, -0.25) is 4.79 Å². The number of carbonyl (C=O) groups excluding carboxylic acids is 1. The smallest absolute Gasteiger partial charge is 0.299 e. The number of rotatable bonds is 1. The Labute approximate surface area is 62.6 Å². The van der Waals surface area contributed by atoms with Crippen LogP contribution >= 0.6 is 0 Å². The van der Waals surface area contributed by atoms with E-state index >= 15 is 0 Å². The van der Waals surface area contributed by atoms with Gasteiger partial charge in [-0.2, -0.15) is 13.2 Å². The third-order valence-corrected chi connectivity index (χ3v) is 1.91. The number of Topliss-reactive ketones (excluding diaryl/α,β-unsaturated/α-hetero) is 1. The molecule has 0 heterocycles. The normalized spacial score (nSPS) is 26.1. The molecule has 0 saturated heterocycles. The van der Waals surface area contributed by atoms with Gasteiger partial charge in [-0.25, -0.2) is 0 Å². The van der Waals surface area contributed by atoms with Gasteiger partial charge in [0, 0.05) is 12.3 Å². The topological polar surface area (TPSA) is 17.1 Å². The summed E-state index contributed by atoms with van der Waals surface area (Å²) in [5, 5.41) is 0. The van der Waals surface area contributed by atoms with Crippen molar-refractivity contribution in [3.05, 3.63) is 0 Å². The van der Waals surface area contributed by atoms with Gasteiger partial charge >= 0.3 is 6.18 Å². The van der Waals surface area contributed by atoms with Gasteiger partial charge in [-0.15, -0.1) is 0 Å². The van der Waals surface area contributed by atoms with Gasteiger partial charge in [0.2, 0.25) is 0 Å². The number of alkyl halides is 3. The molecule has 0 amide bonds. The van der Waals surface area contributed by atoms with Crippen LogP contribution in [0, 0.1) is 5.92 Å². The van der Waals surface area contributed by atoms with Crippen molar-refractivity contribution in [2.75, 3.05) is 0 Å². The monoisotopic (exact) mass is 166 g/mol. The van der Waals surface area contributed by atoms with E-state index in [1.165, 1.54) is 0 Å². The molecule has 64 valence electrons. The molecule has 1 saturated carbocycles. The molecule has 1 aliphatic carbocycles. The molecular formula is C7H9F3O. The second-order valence-corrected chi connectivity index (χ2v) is 2.87. The second-order valence-electron chi connectivity index (χ2n) is 2.87. The zero-order chi connectivity index (χ0) is 8.48. The first-order valence-electron chi connectivity index (χ1n) is 3.58. The second kappa shape index (κ2) is 2.83. The Balaban J connectivity index is 2.43. The first-order chi connectivity index (χ1) is 4.99. The maximum Gasteiger partial charge on any atom is 0.389 e. The molecule has 0 N–H and O–H groups in total. The zero-order valence-electron chi connectivity index (χ0n) is 5.95. The van der Waals surface area contributed by atoms with Crippen LogP contribution in [0.2, 0.25) is 0 Å². The average molecular weight is 166 g/mol. The van der Waals surface area contributed by atoms with E-state index in [0.717, 1.165) is 0 Å². The highest BCUT2D eigenvalue weighted by Crippen LogP contribution is 2.32. The molecular weight excluding hydrogens is 157 g/mol. The first-order valence-corrected chi connectivity index (χ1v) is 3.58. The van der Waals surface area contributed by atoms with Gasteiger partial charge in [-0.1, -0.05) is 0 Å². The number of carbonyl (C=O) groups is 1. The molecule has 11 heavy (non-hydrogen) atoms. The van der Waals surface area contributed by atoms with Crippen molar-refractivity contribution in [2.45, 2.75) is 31.9 Å². The lowest BCUT2D eigenvalue weighted by Crippen LogP contribution is -2.17. The number of hydrogen-bond acceptors (Lipinski definition) is 1. The molecule has 0 bridgehead atoms. The van der Waals surface area contributed by atoms with Crippen molar-refractivity contribution in [3.8, 4) is 0 Å². The van der Waals surface area contributed by atoms with E-state index in [9.17, 15) is 18.0 Å². The lowest BCUT2D eigenvalue weighted by Gasteiger charge is -2.10.